The van der Waals surface area contributed by atoms with E-state index in [2.05, 4.69) is 43.0 Å². The maximum absolute atomic E-state index is 5.42. The summed E-state index contributed by atoms with van der Waals surface area (Å²) in [5.41, 5.74) is 5.45. The monoisotopic (exact) mass is 294 g/mol. The van der Waals surface area contributed by atoms with Crippen molar-refractivity contribution in [2.24, 2.45) is 0 Å². The van der Waals surface area contributed by atoms with Gasteiger partial charge in [0.1, 0.15) is 5.75 Å². The molecule has 3 rings (SSSR count). The fraction of sp³-hybridized carbons (Fsp3) is 0.222. The van der Waals surface area contributed by atoms with Crippen molar-refractivity contribution in [3.05, 3.63) is 53.1 Å². The Hall–Kier alpha value is -2.62. The van der Waals surface area contributed by atoms with E-state index in [0.717, 1.165) is 28.0 Å². The van der Waals surface area contributed by atoms with Crippen molar-refractivity contribution in [3.8, 4) is 28.6 Å². The average molecular weight is 294 g/mol. The second kappa shape index (κ2) is 5.64. The quantitative estimate of drug-likeness (QED) is 0.721. The highest BCUT2D eigenvalue weighted by molar-refractivity contribution is 5.67. The lowest BCUT2D eigenvalue weighted by Crippen LogP contribution is -1.91. The number of aromatic nitrogens is 2. The van der Waals surface area contributed by atoms with Crippen LogP contribution >= 0.6 is 0 Å². The first kappa shape index (κ1) is 14.3. The second-order valence-electron chi connectivity index (χ2n) is 5.43. The van der Waals surface area contributed by atoms with Crippen molar-refractivity contribution >= 4 is 0 Å². The molecule has 0 fully saturated rings. The first-order valence-electron chi connectivity index (χ1n) is 7.15. The number of methoxy groups -OCH3 is 1. The zero-order valence-electron chi connectivity index (χ0n) is 13.2. The molecule has 3 aromatic rings. The molecule has 0 bridgehead atoms. The molecule has 0 spiro atoms. The number of nitrogens with zero attached hydrogens (tertiary/aromatic N) is 2. The fourth-order valence-electron chi connectivity index (χ4n) is 2.71. The first-order valence-corrected chi connectivity index (χ1v) is 7.15. The summed E-state index contributed by atoms with van der Waals surface area (Å²) in [4.78, 5) is 4.54. The van der Waals surface area contributed by atoms with Crippen molar-refractivity contribution in [3.63, 3.8) is 0 Å². The fourth-order valence-corrected chi connectivity index (χ4v) is 2.71. The summed E-state index contributed by atoms with van der Waals surface area (Å²) in [6, 6.07) is 11.8. The zero-order valence-corrected chi connectivity index (χ0v) is 13.2. The van der Waals surface area contributed by atoms with Crippen LogP contribution in [0.2, 0.25) is 0 Å². The van der Waals surface area contributed by atoms with E-state index in [4.69, 9.17) is 9.26 Å². The van der Waals surface area contributed by atoms with Crippen molar-refractivity contribution in [2.45, 2.75) is 20.8 Å². The van der Waals surface area contributed by atoms with E-state index >= 15 is 0 Å². The first-order chi connectivity index (χ1) is 10.6. The van der Waals surface area contributed by atoms with E-state index in [1.165, 1.54) is 5.56 Å². The minimum absolute atomic E-state index is 0.511. The standard InChI is InChI=1S/C18H18N2O2/c1-11-9-12(2)16(13(3)10-11)17-19-18(22-20-17)14-5-7-15(21-4)8-6-14/h5-10H,1-4H3. The number of rotatable bonds is 3. The van der Waals surface area contributed by atoms with E-state index in [-0.39, 0.29) is 0 Å². The minimum Gasteiger partial charge on any atom is -0.497 e. The highest BCUT2D eigenvalue weighted by Gasteiger charge is 2.15. The van der Waals surface area contributed by atoms with Gasteiger partial charge in [-0.25, -0.2) is 0 Å². The summed E-state index contributed by atoms with van der Waals surface area (Å²) >= 11 is 0. The van der Waals surface area contributed by atoms with E-state index in [9.17, 15) is 0 Å². The van der Waals surface area contributed by atoms with Crippen LogP contribution < -0.4 is 4.74 Å². The van der Waals surface area contributed by atoms with Crippen LogP contribution in [0, 0.1) is 20.8 Å². The molecule has 4 heteroatoms. The number of hydrogen-bond acceptors (Lipinski definition) is 4. The normalized spacial score (nSPS) is 10.7. The highest BCUT2D eigenvalue weighted by Crippen LogP contribution is 2.28. The molecule has 0 N–H and O–H groups in total. The van der Waals surface area contributed by atoms with Crippen LogP contribution in [0.5, 0.6) is 5.75 Å². The number of aryl methyl sites for hydroxylation is 3. The van der Waals surface area contributed by atoms with Crippen LogP contribution in [0.1, 0.15) is 16.7 Å². The predicted molar refractivity (Wildman–Crippen MR) is 85.9 cm³/mol. The van der Waals surface area contributed by atoms with Gasteiger partial charge in [0.05, 0.1) is 7.11 Å². The van der Waals surface area contributed by atoms with E-state index in [1.807, 2.05) is 24.3 Å². The molecule has 0 aliphatic heterocycles. The van der Waals surface area contributed by atoms with Crippen molar-refractivity contribution in [1.82, 2.24) is 10.1 Å². The Labute approximate surface area is 129 Å². The van der Waals surface area contributed by atoms with Gasteiger partial charge < -0.3 is 9.26 Å². The number of hydrogen-bond donors (Lipinski definition) is 0. The van der Waals surface area contributed by atoms with Gasteiger partial charge in [0.15, 0.2) is 0 Å². The molecule has 1 heterocycles. The van der Waals surface area contributed by atoms with Gasteiger partial charge in [-0.2, -0.15) is 4.98 Å². The molecule has 0 atom stereocenters. The highest BCUT2D eigenvalue weighted by atomic mass is 16.5. The van der Waals surface area contributed by atoms with Gasteiger partial charge in [-0.05, 0) is 56.2 Å². The Balaban J connectivity index is 2.00. The van der Waals surface area contributed by atoms with E-state index in [1.54, 1.807) is 7.11 Å². The maximum Gasteiger partial charge on any atom is 0.258 e. The van der Waals surface area contributed by atoms with Gasteiger partial charge in [-0.3, -0.25) is 0 Å². The largest absolute Gasteiger partial charge is 0.497 e. The molecule has 0 aliphatic rings. The Morgan fingerprint density at radius 1 is 0.955 bits per heavy atom. The van der Waals surface area contributed by atoms with Crippen LogP contribution in [-0.2, 0) is 0 Å². The lowest BCUT2D eigenvalue weighted by molar-refractivity contribution is 0.414. The third-order valence-electron chi connectivity index (χ3n) is 3.66. The number of ether oxygens (including phenoxy) is 1. The van der Waals surface area contributed by atoms with Crippen molar-refractivity contribution in [1.29, 1.82) is 0 Å². The summed E-state index contributed by atoms with van der Waals surface area (Å²) in [6.45, 7) is 6.22. The Morgan fingerprint density at radius 2 is 1.59 bits per heavy atom. The lowest BCUT2D eigenvalue weighted by atomic mass is 9.99. The van der Waals surface area contributed by atoms with Gasteiger partial charge >= 0.3 is 0 Å². The van der Waals surface area contributed by atoms with Crippen LogP contribution in [0.25, 0.3) is 22.8 Å². The van der Waals surface area contributed by atoms with Gasteiger partial charge in [-0.1, -0.05) is 22.9 Å². The van der Waals surface area contributed by atoms with Crippen molar-refractivity contribution < 1.29 is 9.26 Å². The zero-order chi connectivity index (χ0) is 15.7. The Kier molecular flexibility index (Phi) is 3.67. The third-order valence-corrected chi connectivity index (χ3v) is 3.66. The molecule has 0 amide bonds. The molecule has 0 radical (unpaired) electrons. The van der Waals surface area contributed by atoms with Crippen molar-refractivity contribution in [2.75, 3.05) is 7.11 Å². The van der Waals surface area contributed by atoms with Gasteiger partial charge in [-0.15, -0.1) is 0 Å². The van der Waals surface area contributed by atoms with Gasteiger partial charge in [0.2, 0.25) is 5.82 Å². The molecular weight excluding hydrogens is 276 g/mol. The SMILES string of the molecule is COc1ccc(-c2nc(-c3c(C)cc(C)cc3C)no2)cc1. The molecule has 2 aromatic carbocycles. The molecular formula is C18H18N2O2. The maximum atomic E-state index is 5.42. The Morgan fingerprint density at radius 3 is 2.18 bits per heavy atom. The van der Waals surface area contributed by atoms with Crippen LogP contribution in [0.15, 0.2) is 40.9 Å². The molecule has 0 unspecified atom stereocenters. The van der Waals surface area contributed by atoms with Gasteiger partial charge in [0, 0.05) is 11.1 Å². The lowest BCUT2D eigenvalue weighted by Gasteiger charge is -2.06. The predicted octanol–water partition coefficient (Wildman–Crippen LogP) is 4.34. The molecule has 112 valence electrons. The summed E-state index contributed by atoms with van der Waals surface area (Å²) in [5.74, 6) is 1.94. The summed E-state index contributed by atoms with van der Waals surface area (Å²) in [5, 5.41) is 4.14. The molecule has 1 aromatic heterocycles. The molecule has 4 nitrogen and oxygen atoms in total. The van der Waals surface area contributed by atoms with Crippen LogP contribution in [0.3, 0.4) is 0 Å². The molecule has 0 saturated heterocycles. The molecule has 22 heavy (non-hydrogen) atoms. The van der Waals surface area contributed by atoms with E-state index in [0.29, 0.717) is 11.7 Å². The number of benzene rings is 2. The smallest absolute Gasteiger partial charge is 0.258 e. The summed E-state index contributed by atoms with van der Waals surface area (Å²) in [6.07, 6.45) is 0. The minimum atomic E-state index is 0.511. The Bertz CT molecular complexity index is 781. The van der Waals surface area contributed by atoms with Crippen LogP contribution in [0.4, 0.5) is 0 Å². The molecule has 0 saturated carbocycles. The topological polar surface area (TPSA) is 48.2 Å². The molecule has 0 aliphatic carbocycles. The third kappa shape index (κ3) is 2.60. The second-order valence-corrected chi connectivity index (χ2v) is 5.43. The average Bonchev–Trinajstić information content (AvgIpc) is 2.96. The van der Waals surface area contributed by atoms with Gasteiger partial charge in [0.25, 0.3) is 5.89 Å². The summed E-state index contributed by atoms with van der Waals surface area (Å²) < 4.78 is 10.6. The van der Waals surface area contributed by atoms with Crippen LogP contribution in [-0.4, -0.2) is 17.3 Å². The van der Waals surface area contributed by atoms with E-state index < -0.39 is 0 Å². The summed E-state index contributed by atoms with van der Waals surface area (Å²) in [7, 11) is 1.64.